The van der Waals surface area contributed by atoms with Gasteiger partial charge in [0, 0.05) is 6.21 Å². The van der Waals surface area contributed by atoms with Crippen molar-refractivity contribution in [1.82, 2.24) is 0 Å². The van der Waals surface area contributed by atoms with Crippen molar-refractivity contribution in [3.63, 3.8) is 0 Å². The van der Waals surface area contributed by atoms with E-state index in [9.17, 15) is 0 Å². The van der Waals surface area contributed by atoms with Crippen molar-refractivity contribution in [1.29, 1.82) is 0 Å². The molecule has 2 heterocycles. The van der Waals surface area contributed by atoms with Gasteiger partial charge >= 0.3 is 7.12 Å². The van der Waals surface area contributed by atoms with Crippen LogP contribution in [0.25, 0.3) is 0 Å². The van der Waals surface area contributed by atoms with Gasteiger partial charge in [-0.05, 0) is 52.6 Å². The fourth-order valence-electron chi connectivity index (χ4n) is 1.92. The molecule has 1 saturated heterocycles. The highest BCUT2D eigenvalue weighted by molar-refractivity contribution is 6.55. The Balaban J connectivity index is 2.15. The van der Waals surface area contributed by atoms with Crippen LogP contribution >= 0.6 is 0 Å². The Morgan fingerprint density at radius 3 is 2.31 bits per heavy atom. The van der Waals surface area contributed by atoms with Crippen molar-refractivity contribution in [2.45, 2.75) is 58.3 Å². The standard InChI is InChI=1S/C12H20BNO2/c1-9-8-10(6-7-14-9)13-15-11(2,3)12(4,5)16-13/h6-7,9H,8H2,1-5H3. The van der Waals surface area contributed by atoms with Gasteiger partial charge in [0.05, 0.1) is 17.2 Å². The van der Waals surface area contributed by atoms with Crippen LogP contribution in [0.1, 0.15) is 41.0 Å². The van der Waals surface area contributed by atoms with Crippen LogP contribution in [0.4, 0.5) is 0 Å². The predicted molar refractivity (Wildman–Crippen MR) is 66.7 cm³/mol. The quantitative estimate of drug-likeness (QED) is 0.636. The van der Waals surface area contributed by atoms with Gasteiger partial charge in [0.25, 0.3) is 0 Å². The average Bonchev–Trinajstić information content (AvgIpc) is 2.36. The van der Waals surface area contributed by atoms with E-state index in [0.29, 0.717) is 6.04 Å². The molecule has 88 valence electrons. The molecule has 0 N–H and O–H groups in total. The largest absolute Gasteiger partial charge is 0.490 e. The minimum Gasteiger partial charge on any atom is -0.400 e. The zero-order valence-electron chi connectivity index (χ0n) is 10.8. The topological polar surface area (TPSA) is 30.8 Å². The molecule has 0 spiro atoms. The summed E-state index contributed by atoms with van der Waals surface area (Å²) in [5.74, 6) is 0. The smallest absolute Gasteiger partial charge is 0.400 e. The maximum atomic E-state index is 6.00. The molecule has 2 aliphatic heterocycles. The van der Waals surface area contributed by atoms with Crippen LogP contribution in [0.5, 0.6) is 0 Å². The second kappa shape index (κ2) is 3.71. The minimum absolute atomic E-state index is 0.209. The number of hydrogen-bond donors (Lipinski definition) is 0. The lowest BCUT2D eigenvalue weighted by Gasteiger charge is -2.32. The number of dihydropyridines is 1. The molecule has 0 aromatic carbocycles. The summed E-state index contributed by atoms with van der Waals surface area (Å²) in [6.45, 7) is 10.4. The molecule has 16 heavy (non-hydrogen) atoms. The Morgan fingerprint density at radius 1 is 1.25 bits per heavy atom. The zero-order chi connectivity index (χ0) is 12.0. The molecule has 0 aromatic heterocycles. The summed E-state index contributed by atoms with van der Waals surface area (Å²) < 4.78 is 12.0. The van der Waals surface area contributed by atoms with Gasteiger partial charge in [-0.25, -0.2) is 0 Å². The zero-order valence-corrected chi connectivity index (χ0v) is 10.8. The van der Waals surface area contributed by atoms with Gasteiger partial charge in [-0.3, -0.25) is 4.99 Å². The first-order chi connectivity index (χ1) is 7.32. The second-order valence-corrected chi connectivity index (χ2v) is 5.68. The van der Waals surface area contributed by atoms with Crippen LogP contribution in [0, 0.1) is 0 Å². The first kappa shape index (κ1) is 11.9. The van der Waals surface area contributed by atoms with Crippen LogP contribution in [0.2, 0.25) is 0 Å². The highest BCUT2D eigenvalue weighted by Gasteiger charge is 2.52. The summed E-state index contributed by atoms with van der Waals surface area (Å²) in [7, 11) is -0.209. The Labute approximate surface area is 98.1 Å². The van der Waals surface area contributed by atoms with Gasteiger partial charge in [0.2, 0.25) is 0 Å². The average molecular weight is 221 g/mol. The minimum atomic E-state index is -0.254. The normalized spacial score (nSPS) is 31.7. The summed E-state index contributed by atoms with van der Waals surface area (Å²) in [4.78, 5) is 4.31. The highest BCUT2D eigenvalue weighted by Crippen LogP contribution is 2.39. The van der Waals surface area contributed by atoms with Crippen LogP contribution in [-0.2, 0) is 9.31 Å². The number of hydrogen-bond acceptors (Lipinski definition) is 3. The van der Waals surface area contributed by atoms with Gasteiger partial charge in [-0.15, -0.1) is 0 Å². The van der Waals surface area contributed by atoms with E-state index in [0.717, 1.165) is 6.42 Å². The molecule has 0 radical (unpaired) electrons. The fourth-order valence-corrected chi connectivity index (χ4v) is 1.92. The fraction of sp³-hybridized carbons (Fsp3) is 0.750. The molecule has 0 aliphatic carbocycles. The van der Waals surface area contributed by atoms with E-state index in [1.54, 1.807) is 0 Å². The SMILES string of the molecule is CC1CC(B2OC(C)(C)C(C)(C)O2)=CC=N1. The van der Waals surface area contributed by atoms with Crippen molar-refractivity contribution in [2.75, 3.05) is 0 Å². The van der Waals surface area contributed by atoms with Crippen LogP contribution in [-0.4, -0.2) is 30.6 Å². The Kier molecular flexibility index (Phi) is 2.75. The van der Waals surface area contributed by atoms with Crippen molar-refractivity contribution >= 4 is 13.3 Å². The van der Waals surface area contributed by atoms with Crippen LogP contribution in [0.15, 0.2) is 16.5 Å². The third-order valence-corrected chi connectivity index (χ3v) is 3.72. The molecule has 2 aliphatic rings. The predicted octanol–water partition coefficient (Wildman–Crippen LogP) is 2.41. The summed E-state index contributed by atoms with van der Waals surface area (Å²) in [6.07, 6.45) is 4.80. The monoisotopic (exact) mass is 221 g/mol. The first-order valence-electron chi connectivity index (χ1n) is 5.90. The molecule has 1 unspecified atom stereocenters. The van der Waals surface area contributed by atoms with E-state index in [-0.39, 0.29) is 18.3 Å². The second-order valence-electron chi connectivity index (χ2n) is 5.68. The molecule has 0 amide bonds. The number of allylic oxidation sites excluding steroid dienone is 1. The van der Waals surface area contributed by atoms with Crippen LogP contribution < -0.4 is 0 Å². The van der Waals surface area contributed by atoms with Gasteiger partial charge in [0.1, 0.15) is 0 Å². The molecular formula is C12H20BNO2. The summed E-state index contributed by atoms with van der Waals surface area (Å²) in [5, 5.41) is 0. The Morgan fingerprint density at radius 2 is 1.81 bits per heavy atom. The van der Waals surface area contributed by atoms with E-state index >= 15 is 0 Å². The molecule has 3 nitrogen and oxygen atoms in total. The van der Waals surface area contributed by atoms with Gasteiger partial charge in [0.15, 0.2) is 0 Å². The van der Waals surface area contributed by atoms with Crippen molar-refractivity contribution in [3.8, 4) is 0 Å². The molecule has 1 atom stereocenters. The number of rotatable bonds is 1. The number of nitrogens with zero attached hydrogens (tertiary/aromatic N) is 1. The lowest BCUT2D eigenvalue weighted by molar-refractivity contribution is 0.00578. The third kappa shape index (κ3) is 1.96. The highest BCUT2D eigenvalue weighted by atomic mass is 16.7. The van der Waals surface area contributed by atoms with Crippen LogP contribution in [0.3, 0.4) is 0 Å². The van der Waals surface area contributed by atoms with E-state index in [4.69, 9.17) is 9.31 Å². The van der Waals surface area contributed by atoms with Crippen molar-refractivity contribution < 1.29 is 9.31 Å². The van der Waals surface area contributed by atoms with E-state index < -0.39 is 0 Å². The molecule has 4 heteroatoms. The third-order valence-electron chi connectivity index (χ3n) is 3.72. The van der Waals surface area contributed by atoms with Gasteiger partial charge in [-0.2, -0.15) is 0 Å². The molecule has 1 fully saturated rings. The lowest BCUT2D eigenvalue weighted by atomic mass is 9.74. The molecular weight excluding hydrogens is 201 g/mol. The van der Waals surface area contributed by atoms with E-state index in [1.807, 2.05) is 12.3 Å². The summed E-state index contributed by atoms with van der Waals surface area (Å²) >= 11 is 0. The molecule has 0 bridgehead atoms. The summed E-state index contributed by atoms with van der Waals surface area (Å²) in [5.41, 5.74) is 0.688. The van der Waals surface area contributed by atoms with Crippen molar-refractivity contribution in [2.24, 2.45) is 4.99 Å². The van der Waals surface area contributed by atoms with E-state index in [1.165, 1.54) is 5.47 Å². The lowest BCUT2D eigenvalue weighted by Crippen LogP contribution is -2.41. The van der Waals surface area contributed by atoms with Gasteiger partial charge in [-0.1, -0.05) is 0 Å². The first-order valence-corrected chi connectivity index (χ1v) is 5.90. The summed E-state index contributed by atoms with van der Waals surface area (Å²) in [6, 6.07) is 0.332. The molecule has 0 aromatic rings. The Bertz CT molecular complexity index is 331. The Hall–Kier alpha value is -0.605. The maximum Gasteiger partial charge on any atom is 0.490 e. The molecule has 0 saturated carbocycles. The maximum absolute atomic E-state index is 6.00. The van der Waals surface area contributed by atoms with E-state index in [2.05, 4.69) is 39.6 Å². The van der Waals surface area contributed by atoms with Crippen molar-refractivity contribution in [3.05, 3.63) is 11.5 Å². The van der Waals surface area contributed by atoms with Gasteiger partial charge < -0.3 is 9.31 Å². The number of aliphatic imine (C=N–C) groups is 1. The molecule has 2 rings (SSSR count).